The Kier molecular flexibility index (Phi) is 3.54. The van der Waals surface area contributed by atoms with Crippen LogP contribution in [0.1, 0.15) is 33.6 Å². The summed E-state index contributed by atoms with van der Waals surface area (Å²) in [4.78, 5) is 12.9. The van der Waals surface area contributed by atoms with Crippen molar-refractivity contribution in [3.05, 3.63) is 0 Å². The molecule has 0 bridgehead atoms. The summed E-state index contributed by atoms with van der Waals surface area (Å²) in [7, 11) is 1.59. The zero-order valence-electron chi connectivity index (χ0n) is 10.9. The molecule has 1 aliphatic heterocycles. The molecule has 17 heavy (non-hydrogen) atoms. The Morgan fingerprint density at radius 3 is 2.29 bits per heavy atom. The van der Waals surface area contributed by atoms with E-state index in [-0.39, 0.29) is 12.8 Å². The number of carboxylic acid groups (broad SMARTS) is 1. The van der Waals surface area contributed by atoms with Gasteiger partial charge in [0.05, 0.1) is 6.54 Å². The monoisotopic (exact) mass is 249 g/mol. The molecule has 1 aliphatic rings. The third-order valence-electron chi connectivity index (χ3n) is 3.33. The molecule has 0 aliphatic carbocycles. The van der Waals surface area contributed by atoms with Crippen LogP contribution in [0.2, 0.25) is 0 Å². The van der Waals surface area contributed by atoms with Gasteiger partial charge in [0.1, 0.15) is 5.41 Å². The fourth-order valence-electron chi connectivity index (χ4n) is 2.60. The summed E-state index contributed by atoms with van der Waals surface area (Å²) in [5, 5.41) is 9.28. The van der Waals surface area contributed by atoms with Gasteiger partial charge >= 0.3 is 5.97 Å². The maximum Gasteiger partial charge on any atom is 0.315 e. The molecule has 1 fully saturated rings. The third kappa shape index (κ3) is 2.76. The summed E-state index contributed by atoms with van der Waals surface area (Å²) in [6, 6.07) is 0. The van der Waals surface area contributed by atoms with Crippen molar-refractivity contribution in [3.8, 4) is 0 Å². The normalized spacial score (nSPS) is 30.2. The number of halogens is 2. The highest BCUT2D eigenvalue weighted by molar-refractivity contribution is 5.76. The van der Waals surface area contributed by atoms with Crippen LogP contribution in [0.25, 0.3) is 0 Å². The Balaban J connectivity index is 3.11. The molecule has 0 aromatic carbocycles. The number of piperidine rings is 1. The number of aliphatic carboxylic acids is 1. The topological polar surface area (TPSA) is 40.5 Å². The molecule has 1 saturated heterocycles. The largest absolute Gasteiger partial charge is 0.481 e. The van der Waals surface area contributed by atoms with Crippen LogP contribution in [0.4, 0.5) is 8.78 Å². The van der Waals surface area contributed by atoms with Crippen molar-refractivity contribution in [2.24, 2.45) is 10.8 Å². The standard InChI is InChI=1S/C12H21F2NO2/c1-10(2,3)7-11(9(16)17)5-6-15(4)8-12(11,13)14/h5-8H2,1-4H3,(H,16,17). The minimum Gasteiger partial charge on any atom is -0.481 e. The second kappa shape index (κ2) is 4.19. The highest BCUT2D eigenvalue weighted by Crippen LogP contribution is 2.50. The molecule has 100 valence electrons. The van der Waals surface area contributed by atoms with Crippen molar-refractivity contribution in [2.75, 3.05) is 20.1 Å². The minimum absolute atomic E-state index is 0.00308. The lowest BCUT2D eigenvalue weighted by Gasteiger charge is -2.46. The third-order valence-corrected chi connectivity index (χ3v) is 3.33. The van der Waals surface area contributed by atoms with Gasteiger partial charge in [-0.3, -0.25) is 4.79 Å². The number of hydrogen-bond donors (Lipinski definition) is 1. The molecule has 1 unspecified atom stereocenters. The average molecular weight is 249 g/mol. The Labute approximate surface area is 101 Å². The van der Waals surface area contributed by atoms with Crippen LogP contribution in [0.5, 0.6) is 0 Å². The molecule has 0 amide bonds. The lowest BCUT2D eigenvalue weighted by molar-refractivity contribution is -0.203. The van der Waals surface area contributed by atoms with Gasteiger partial charge in [0.15, 0.2) is 0 Å². The molecule has 1 N–H and O–H groups in total. The molecule has 0 aromatic heterocycles. The quantitative estimate of drug-likeness (QED) is 0.817. The van der Waals surface area contributed by atoms with Crippen molar-refractivity contribution in [2.45, 2.75) is 39.5 Å². The van der Waals surface area contributed by atoms with Gasteiger partial charge in [0, 0.05) is 0 Å². The van der Waals surface area contributed by atoms with Crippen LogP contribution in [0.15, 0.2) is 0 Å². The van der Waals surface area contributed by atoms with Gasteiger partial charge in [-0.05, 0) is 31.8 Å². The predicted molar refractivity (Wildman–Crippen MR) is 61.2 cm³/mol. The van der Waals surface area contributed by atoms with Crippen LogP contribution >= 0.6 is 0 Å². The number of rotatable bonds is 2. The van der Waals surface area contributed by atoms with Crippen molar-refractivity contribution in [1.29, 1.82) is 0 Å². The first-order valence-corrected chi connectivity index (χ1v) is 5.80. The van der Waals surface area contributed by atoms with Crippen LogP contribution in [0, 0.1) is 10.8 Å². The molecule has 0 saturated carbocycles. The van der Waals surface area contributed by atoms with Gasteiger partial charge in [-0.2, -0.15) is 0 Å². The molecular formula is C12H21F2NO2. The van der Waals surface area contributed by atoms with E-state index in [1.165, 1.54) is 4.90 Å². The summed E-state index contributed by atoms with van der Waals surface area (Å²) in [5.74, 6) is -4.55. The zero-order chi connectivity index (χ0) is 13.5. The number of alkyl halides is 2. The van der Waals surface area contributed by atoms with Gasteiger partial charge in [-0.25, -0.2) is 8.78 Å². The molecule has 1 atom stereocenters. The first-order chi connectivity index (χ1) is 7.50. The van der Waals surface area contributed by atoms with E-state index in [1.54, 1.807) is 27.8 Å². The molecular weight excluding hydrogens is 228 g/mol. The van der Waals surface area contributed by atoms with Crippen LogP contribution < -0.4 is 0 Å². The van der Waals surface area contributed by atoms with Gasteiger partial charge in [0.25, 0.3) is 5.92 Å². The van der Waals surface area contributed by atoms with Crippen LogP contribution in [0.3, 0.4) is 0 Å². The Morgan fingerprint density at radius 1 is 1.41 bits per heavy atom. The lowest BCUT2D eigenvalue weighted by Crippen LogP contribution is -2.59. The second-order valence-electron chi connectivity index (χ2n) is 6.32. The van der Waals surface area contributed by atoms with Gasteiger partial charge < -0.3 is 10.0 Å². The minimum atomic E-state index is -3.18. The number of carboxylic acids is 1. The smallest absolute Gasteiger partial charge is 0.315 e. The van der Waals surface area contributed by atoms with E-state index in [1.807, 2.05) is 0 Å². The SMILES string of the molecule is CN1CCC(CC(C)(C)C)(C(=O)O)C(F)(F)C1. The fourth-order valence-corrected chi connectivity index (χ4v) is 2.60. The number of nitrogens with zero attached hydrogens (tertiary/aromatic N) is 1. The van der Waals surface area contributed by atoms with E-state index in [0.29, 0.717) is 6.54 Å². The van der Waals surface area contributed by atoms with Gasteiger partial charge in [-0.1, -0.05) is 20.8 Å². The molecule has 0 spiro atoms. The van der Waals surface area contributed by atoms with Gasteiger partial charge in [-0.15, -0.1) is 0 Å². The molecule has 1 heterocycles. The summed E-state index contributed by atoms with van der Waals surface area (Å²) < 4.78 is 28.3. The summed E-state index contributed by atoms with van der Waals surface area (Å²) >= 11 is 0. The van der Waals surface area contributed by atoms with E-state index in [4.69, 9.17) is 0 Å². The number of likely N-dealkylation sites (tertiary alicyclic amines) is 1. The Morgan fingerprint density at radius 2 is 1.94 bits per heavy atom. The molecule has 3 nitrogen and oxygen atoms in total. The Bertz CT molecular complexity index is 312. The van der Waals surface area contributed by atoms with Crippen LogP contribution in [-0.2, 0) is 4.79 Å². The second-order valence-corrected chi connectivity index (χ2v) is 6.32. The maximum atomic E-state index is 14.1. The van der Waals surface area contributed by atoms with Crippen LogP contribution in [-0.4, -0.2) is 42.0 Å². The fraction of sp³-hybridized carbons (Fsp3) is 0.917. The summed E-state index contributed by atoms with van der Waals surface area (Å²) in [6.45, 7) is 5.32. The van der Waals surface area contributed by atoms with E-state index in [0.717, 1.165) is 0 Å². The van der Waals surface area contributed by atoms with Crippen molar-refractivity contribution >= 4 is 5.97 Å². The summed E-state index contributed by atoms with van der Waals surface area (Å²) in [5.41, 5.74) is -2.35. The van der Waals surface area contributed by atoms with Crippen molar-refractivity contribution < 1.29 is 18.7 Å². The van der Waals surface area contributed by atoms with E-state index >= 15 is 0 Å². The highest BCUT2D eigenvalue weighted by atomic mass is 19.3. The summed E-state index contributed by atoms with van der Waals surface area (Å²) in [6.07, 6.45) is -0.000718. The molecule has 1 rings (SSSR count). The van der Waals surface area contributed by atoms with Crippen molar-refractivity contribution in [3.63, 3.8) is 0 Å². The average Bonchev–Trinajstić information content (AvgIpc) is 2.06. The highest BCUT2D eigenvalue weighted by Gasteiger charge is 2.62. The molecule has 0 radical (unpaired) electrons. The lowest BCUT2D eigenvalue weighted by atomic mass is 9.66. The van der Waals surface area contributed by atoms with E-state index in [9.17, 15) is 18.7 Å². The first kappa shape index (κ1) is 14.4. The Hall–Kier alpha value is -0.710. The first-order valence-electron chi connectivity index (χ1n) is 5.80. The van der Waals surface area contributed by atoms with Crippen molar-refractivity contribution in [1.82, 2.24) is 4.90 Å². The van der Waals surface area contributed by atoms with E-state index in [2.05, 4.69) is 0 Å². The maximum absolute atomic E-state index is 14.1. The predicted octanol–water partition coefficient (Wildman–Crippen LogP) is 2.46. The molecule has 0 aromatic rings. The van der Waals surface area contributed by atoms with E-state index < -0.39 is 29.3 Å². The number of carbonyl (C=O) groups is 1. The number of hydrogen-bond acceptors (Lipinski definition) is 2. The molecule has 5 heteroatoms. The zero-order valence-corrected chi connectivity index (χ0v) is 10.9. The van der Waals surface area contributed by atoms with Gasteiger partial charge in [0.2, 0.25) is 0 Å².